The van der Waals surface area contributed by atoms with Gasteiger partial charge in [-0.2, -0.15) is 0 Å². The molecule has 1 aliphatic carbocycles. The minimum absolute atomic E-state index is 0.440. The van der Waals surface area contributed by atoms with Gasteiger partial charge in [0.15, 0.2) is 0 Å². The van der Waals surface area contributed by atoms with E-state index < -0.39 is 6.10 Å². The van der Waals surface area contributed by atoms with Crippen molar-refractivity contribution in [2.45, 2.75) is 44.8 Å². The van der Waals surface area contributed by atoms with Gasteiger partial charge < -0.3 is 10.4 Å². The number of halogens is 2. The van der Waals surface area contributed by atoms with Gasteiger partial charge in [0.05, 0.1) is 6.10 Å². The van der Waals surface area contributed by atoms with Crippen LogP contribution in [0.15, 0.2) is 18.2 Å². The Bertz CT molecular complexity index is 419. The average Bonchev–Trinajstić information content (AvgIpc) is 2.92. The average molecular weight is 302 g/mol. The second kappa shape index (κ2) is 6.94. The van der Waals surface area contributed by atoms with Gasteiger partial charge in [-0.15, -0.1) is 0 Å². The summed E-state index contributed by atoms with van der Waals surface area (Å²) in [6, 6.07) is 5.63. The zero-order chi connectivity index (χ0) is 13.8. The van der Waals surface area contributed by atoms with Crippen LogP contribution in [0, 0.1) is 5.92 Å². The first-order valence-electron chi connectivity index (χ1n) is 6.94. The molecule has 19 heavy (non-hydrogen) atoms. The third kappa shape index (κ3) is 4.09. The molecular formula is C15H21Cl2NO. The Hall–Kier alpha value is -0.280. The molecule has 106 valence electrons. The van der Waals surface area contributed by atoms with E-state index in [1.807, 2.05) is 0 Å². The Balaban J connectivity index is 1.89. The standard InChI is InChI=1S/C15H21Cl2NO/c1-10(11-4-2-3-5-11)18-9-15(19)13-8-12(16)6-7-14(13)17/h6-8,10-11,15,18-19H,2-5,9H2,1H3/t10-,15?/m0/s1. The molecule has 0 saturated heterocycles. The molecule has 1 fully saturated rings. The number of hydrogen-bond donors (Lipinski definition) is 2. The predicted octanol–water partition coefficient (Wildman–Crippen LogP) is 4.20. The molecule has 0 aliphatic heterocycles. The summed E-state index contributed by atoms with van der Waals surface area (Å²) in [6.07, 6.45) is 4.64. The van der Waals surface area contributed by atoms with Gasteiger partial charge in [0.25, 0.3) is 0 Å². The van der Waals surface area contributed by atoms with Crippen LogP contribution >= 0.6 is 23.2 Å². The van der Waals surface area contributed by atoms with E-state index in [0.717, 1.165) is 5.92 Å². The largest absolute Gasteiger partial charge is 0.387 e. The summed E-state index contributed by atoms with van der Waals surface area (Å²) in [7, 11) is 0. The van der Waals surface area contributed by atoms with Gasteiger partial charge in [-0.3, -0.25) is 0 Å². The molecule has 2 rings (SSSR count). The summed E-state index contributed by atoms with van der Waals surface area (Å²) in [5, 5.41) is 14.8. The molecule has 0 radical (unpaired) electrons. The lowest BCUT2D eigenvalue weighted by atomic mass is 9.99. The van der Waals surface area contributed by atoms with Crippen molar-refractivity contribution in [3.63, 3.8) is 0 Å². The molecule has 1 saturated carbocycles. The van der Waals surface area contributed by atoms with Crippen molar-refractivity contribution in [3.05, 3.63) is 33.8 Å². The highest BCUT2D eigenvalue weighted by Gasteiger charge is 2.22. The van der Waals surface area contributed by atoms with Crippen LogP contribution in [-0.2, 0) is 0 Å². The lowest BCUT2D eigenvalue weighted by molar-refractivity contribution is 0.165. The molecule has 0 bridgehead atoms. The minimum atomic E-state index is -0.616. The van der Waals surface area contributed by atoms with Gasteiger partial charge >= 0.3 is 0 Å². The zero-order valence-electron chi connectivity index (χ0n) is 11.2. The molecule has 0 amide bonds. The van der Waals surface area contributed by atoms with Crippen LogP contribution in [0.5, 0.6) is 0 Å². The third-order valence-electron chi connectivity index (χ3n) is 4.06. The summed E-state index contributed by atoms with van der Waals surface area (Å²) < 4.78 is 0. The topological polar surface area (TPSA) is 32.3 Å². The monoisotopic (exact) mass is 301 g/mol. The first kappa shape index (κ1) is 15.1. The molecule has 1 aliphatic rings. The maximum atomic E-state index is 10.2. The second-order valence-electron chi connectivity index (χ2n) is 5.42. The van der Waals surface area contributed by atoms with E-state index >= 15 is 0 Å². The van der Waals surface area contributed by atoms with Crippen molar-refractivity contribution in [2.75, 3.05) is 6.54 Å². The van der Waals surface area contributed by atoms with E-state index in [-0.39, 0.29) is 0 Å². The Morgan fingerprint density at radius 1 is 1.32 bits per heavy atom. The summed E-state index contributed by atoms with van der Waals surface area (Å²) >= 11 is 12.0. The number of hydrogen-bond acceptors (Lipinski definition) is 2. The van der Waals surface area contributed by atoms with Gasteiger partial charge in [-0.25, -0.2) is 0 Å². The van der Waals surface area contributed by atoms with Gasteiger partial charge in [-0.1, -0.05) is 36.0 Å². The molecule has 0 heterocycles. The van der Waals surface area contributed by atoms with Crippen molar-refractivity contribution in [3.8, 4) is 0 Å². The SMILES string of the molecule is C[C@H](NCC(O)c1cc(Cl)ccc1Cl)C1CCCC1. The Morgan fingerprint density at radius 3 is 2.68 bits per heavy atom. The van der Waals surface area contributed by atoms with E-state index in [9.17, 15) is 5.11 Å². The Morgan fingerprint density at radius 2 is 2.00 bits per heavy atom. The molecule has 4 heteroatoms. The molecule has 1 unspecified atom stereocenters. The van der Waals surface area contributed by atoms with E-state index in [1.54, 1.807) is 18.2 Å². The highest BCUT2D eigenvalue weighted by molar-refractivity contribution is 6.33. The number of aliphatic hydroxyl groups is 1. The van der Waals surface area contributed by atoms with Crippen molar-refractivity contribution >= 4 is 23.2 Å². The first-order chi connectivity index (χ1) is 9.08. The molecule has 1 aromatic rings. The fourth-order valence-corrected chi connectivity index (χ4v) is 3.23. The van der Waals surface area contributed by atoms with Crippen LogP contribution in [0.2, 0.25) is 10.0 Å². The van der Waals surface area contributed by atoms with Gasteiger partial charge in [0, 0.05) is 28.2 Å². The number of nitrogens with one attached hydrogen (secondary N) is 1. The van der Waals surface area contributed by atoms with Gasteiger partial charge in [0.1, 0.15) is 0 Å². The van der Waals surface area contributed by atoms with Crippen molar-refractivity contribution in [1.29, 1.82) is 0 Å². The van der Waals surface area contributed by atoms with Crippen LogP contribution in [0.25, 0.3) is 0 Å². The minimum Gasteiger partial charge on any atom is -0.387 e. The molecule has 2 atom stereocenters. The Labute approximate surface area is 125 Å². The molecule has 2 N–H and O–H groups in total. The second-order valence-corrected chi connectivity index (χ2v) is 6.27. The van der Waals surface area contributed by atoms with Crippen LogP contribution in [0.3, 0.4) is 0 Å². The predicted molar refractivity (Wildman–Crippen MR) is 80.8 cm³/mol. The van der Waals surface area contributed by atoms with Crippen LogP contribution < -0.4 is 5.32 Å². The highest BCUT2D eigenvalue weighted by atomic mass is 35.5. The molecule has 1 aromatic carbocycles. The number of benzene rings is 1. The normalized spacial score (nSPS) is 19.6. The third-order valence-corrected chi connectivity index (χ3v) is 4.64. The highest BCUT2D eigenvalue weighted by Crippen LogP contribution is 2.29. The fourth-order valence-electron chi connectivity index (χ4n) is 2.80. The number of rotatable bonds is 5. The first-order valence-corrected chi connectivity index (χ1v) is 7.70. The quantitative estimate of drug-likeness (QED) is 0.854. The van der Waals surface area contributed by atoms with E-state index in [1.165, 1.54) is 25.7 Å². The fraction of sp³-hybridized carbons (Fsp3) is 0.600. The number of aliphatic hydroxyl groups excluding tert-OH is 1. The van der Waals surface area contributed by atoms with Gasteiger partial charge in [-0.05, 0) is 43.9 Å². The lowest BCUT2D eigenvalue weighted by Crippen LogP contribution is -2.35. The Kier molecular flexibility index (Phi) is 5.52. The molecular weight excluding hydrogens is 281 g/mol. The molecule has 2 nitrogen and oxygen atoms in total. The van der Waals surface area contributed by atoms with Crippen LogP contribution in [-0.4, -0.2) is 17.7 Å². The molecule has 0 spiro atoms. The smallest absolute Gasteiger partial charge is 0.0929 e. The summed E-state index contributed by atoms with van der Waals surface area (Å²) in [4.78, 5) is 0. The summed E-state index contributed by atoms with van der Waals surface area (Å²) in [6.45, 7) is 2.71. The molecule has 0 aromatic heterocycles. The van der Waals surface area contributed by atoms with E-state index in [2.05, 4.69) is 12.2 Å². The van der Waals surface area contributed by atoms with E-state index in [0.29, 0.717) is 28.2 Å². The van der Waals surface area contributed by atoms with Crippen molar-refractivity contribution in [2.24, 2.45) is 5.92 Å². The summed E-state index contributed by atoms with van der Waals surface area (Å²) in [5.74, 6) is 0.738. The van der Waals surface area contributed by atoms with E-state index in [4.69, 9.17) is 23.2 Å². The lowest BCUT2D eigenvalue weighted by Gasteiger charge is -2.22. The zero-order valence-corrected chi connectivity index (χ0v) is 12.7. The maximum absolute atomic E-state index is 10.2. The summed E-state index contributed by atoms with van der Waals surface area (Å²) in [5.41, 5.74) is 0.695. The van der Waals surface area contributed by atoms with Crippen LogP contribution in [0.1, 0.15) is 44.3 Å². The van der Waals surface area contributed by atoms with Crippen molar-refractivity contribution < 1.29 is 5.11 Å². The van der Waals surface area contributed by atoms with Gasteiger partial charge in [0.2, 0.25) is 0 Å². The van der Waals surface area contributed by atoms with Crippen molar-refractivity contribution in [1.82, 2.24) is 5.32 Å². The van der Waals surface area contributed by atoms with Crippen LogP contribution in [0.4, 0.5) is 0 Å². The maximum Gasteiger partial charge on any atom is 0.0929 e.